The molecule has 0 spiro atoms. The largest absolute Gasteiger partial charge is 0.362 e. The number of anilines is 3. The van der Waals surface area contributed by atoms with Gasteiger partial charge in [-0.15, -0.1) is 0 Å². The van der Waals surface area contributed by atoms with Crippen LogP contribution < -0.4 is 10.2 Å². The number of benzene rings is 1. The number of hydrogen-bond donors (Lipinski definition) is 1. The Morgan fingerprint density at radius 1 is 1.18 bits per heavy atom. The maximum absolute atomic E-state index is 4.14. The van der Waals surface area contributed by atoms with Crippen molar-refractivity contribution >= 4 is 17.1 Å². The van der Waals surface area contributed by atoms with Gasteiger partial charge >= 0.3 is 0 Å². The second-order valence-electron chi connectivity index (χ2n) is 4.42. The third kappa shape index (κ3) is 1.64. The predicted octanol–water partition coefficient (Wildman–Crippen LogP) is 3.30. The normalized spacial score (nSPS) is 17.8. The quantitative estimate of drug-likeness (QED) is 0.807. The maximum atomic E-state index is 4.14. The number of nitrogens with one attached hydrogen (secondary N) is 1. The van der Waals surface area contributed by atoms with Gasteiger partial charge in [-0.2, -0.15) is 0 Å². The fraction of sp³-hybridized carbons (Fsp3) is 0.214. The Morgan fingerprint density at radius 3 is 2.71 bits per heavy atom. The summed E-state index contributed by atoms with van der Waals surface area (Å²) in [6.07, 6.45) is 3.97. The second-order valence-corrected chi connectivity index (χ2v) is 4.42. The predicted molar refractivity (Wildman–Crippen MR) is 70.6 cm³/mol. The lowest BCUT2D eigenvalue weighted by Gasteiger charge is -2.24. The van der Waals surface area contributed by atoms with Crippen molar-refractivity contribution in [2.45, 2.75) is 20.0 Å². The van der Waals surface area contributed by atoms with Crippen LogP contribution in [0.25, 0.3) is 0 Å². The van der Waals surface area contributed by atoms with E-state index in [4.69, 9.17) is 0 Å². The molecule has 86 valence electrons. The first kappa shape index (κ1) is 10.1. The van der Waals surface area contributed by atoms with E-state index in [2.05, 4.69) is 53.3 Å². The highest BCUT2D eigenvalue weighted by atomic mass is 15.3. The van der Waals surface area contributed by atoms with E-state index in [1.165, 1.54) is 16.9 Å². The van der Waals surface area contributed by atoms with Gasteiger partial charge in [0, 0.05) is 11.9 Å². The molecule has 3 nitrogen and oxygen atoms in total. The van der Waals surface area contributed by atoms with Gasteiger partial charge in [0.05, 0.1) is 17.6 Å². The number of aryl methyl sites for hydroxylation is 1. The third-order valence-electron chi connectivity index (χ3n) is 3.12. The first-order valence-electron chi connectivity index (χ1n) is 5.82. The van der Waals surface area contributed by atoms with Crippen LogP contribution >= 0.6 is 0 Å². The van der Waals surface area contributed by atoms with Crippen LogP contribution in [0.2, 0.25) is 0 Å². The minimum absolute atomic E-state index is 0.261. The van der Waals surface area contributed by atoms with Crippen molar-refractivity contribution in [1.29, 1.82) is 0 Å². The molecule has 0 saturated carbocycles. The van der Waals surface area contributed by atoms with E-state index < -0.39 is 0 Å². The molecule has 1 aliphatic rings. The molecular weight excluding hydrogens is 210 g/mol. The van der Waals surface area contributed by atoms with E-state index in [0.717, 1.165) is 5.69 Å². The number of pyridine rings is 1. The summed E-state index contributed by atoms with van der Waals surface area (Å²) >= 11 is 0. The fourth-order valence-corrected chi connectivity index (χ4v) is 2.27. The molecule has 0 fully saturated rings. The molecule has 0 radical (unpaired) electrons. The van der Waals surface area contributed by atoms with E-state index >= 15 is 0 Å². The van der Waals surface area contributed by atoms with Crippen LogP contribution in [0.5, 0.6) is 0 Å². The maximum Gasteiger partial charge on any atom is 0.101 e. The summed E-state index contributed by atoms with van der Waals surface area (Å²) in [6.45, 7) is 4.26. The highest BCUT2D eigenvalue weighted by Gasteiger charge is 2.26. The Labute approximate surface area is 101 Å². The molecule has 0 amide bonds. The summed E-state index contributed by atoms with van der Waals surface area (Å²) in [5.41, 5.74) is 4.78. The van der Waals surface area contributed by atoms with Crippen molar-refractivity contribution < 1.29 is 0 Å². The molecule has 1 aromatic carbocycles. The van der Waals surface area contributed by atoms with Gasteiger partial charge in [-0.3, -0.25) is 4.98 Å². The molecule has 1 atom stereocenters. The smallest absolute Gasteiger partial charge is 0.101 e. The first-order chi connectivity index (χ1) is 8.25. The van der Waals surface area contributed by atoms with Crippen molar-refractivity contribution in [2.24, 2.45) is 0 Å². The van der Waals surface area contributed by atoms with Gasteiger partial charge in [0.2, 0.25) is 0 Å². The molecule has 0 aliphatic carbocycles. The summed E-state index contributed by atoms with van der Waals surface area (Å²) in [5, 5.41) is 3.42. The molecular formula is C14H15N3. The SMILES string of the molecule is Cc1ccc(N2c3ccncc3NC2C)cc1. The fourth-order valence-electron chi connectivity index (χ4n) is 2.27. The lowest BCUT2D eigenvalue weighted by molar-refractivity contribution is 0.842. The number of hydrogen-bond acceptors (Lipinski definition) is 3. The van der Waals surface area contributed by atoms with Gasteiger partial charge in [-0.05, 0) is 32.0 Å². The van der Waals surface area contributed by atoms with Gasteiger partial charge < -0.3 is 10.2 Å². The molecule has 1 aromatic heterocycles. The average Bonchev–Trinajstić information content (AvgIpc) is 2.66. The van der Waals surface area contributed by atoms with Crippen LogP contribution in [0, 0.1) is 6.92 Å². The number of aromatic nitrogens is 1. The highest BCUT2D eigenvalue weighted by Crippen LogP contribution is 2.38. The summed E-state index contributed by atoms with van der Waals surface area (Å²) in [5.74, 6) is 0. The molecule has 0 saturated heterocycles. The van der Waals surface area contributed by atoms with Gasteiger partial charge in [0.1, 0.15) is 6.17 Å². The van der Waals surface area contributed by atoms with Crippen molar-refractivity contribution in [1.82, 2.24) is 4.98 Å². The molecule has 2 aromatic rings. The van der Waals surface area contributed by atoms with Crippen LogP contribution in [0.4, 0.5) is 17.1 Å². The summed E-state index contributed by atoms with van der Waals surface area (Å²) in [6, 6.07) is 10.6. The van der Waals surface area contributed by atoms with Gasteiger partial charge in [0.15, 0.2) is 0 Å². The standard InChI is InChI=1S/C14H15N3/c1-10-3-5-12(6-4-10)17-11(2)16-13-9-15-8-7-14(13)17/h3-9,11,16H,1-2H3. The van der Waals surface area contributed by atoms with Gasteiger partial charge in [0.25, 0.3) is 0 Å². The Hall–Kier alpha value is -2.03. The zero-order valence-corrected chi connectivity index (χ0v) is 10.0. The van der Waals surface area contributed by atoms with Crippen LogP contribution in [0.1, 0.15) is 12.5 Å². The van der Waals surface area contributed by atoms with Gasteiger partial charge in [-0.25, -0.2) is 0 Å². The van der Waals surface area contributed by atoms with Crippen molar-refractivity contribution in [3.05, 3.63) is 48.3 Å². The third-order valence-corrected chi connectivity index (χ3v) is 3.12. The lowest BCUT2D eigenvalue weighted by atomic mass is 10.2. The summed E-state index contributed by atoms with van der Waals surface area (Å²) in [4.78, 5) is 6.43. The molecule has 17 heavy (non-hydrogen) atoms. The molecule has 2 heterocycles. The van der Waals surface area contributed by atoms with Crippen LogP contribution in [0.3, 0.4) is 0 Å². The molecule has 1 unspecified atom stereocenters. The van der Waals surface area contributed by atoms with E-state index in [-0.39, 0.29) is 6.17 Å². The van der Waals surface area contributed by atoms with E-state index in [1.807, 2.05) is 18.5 Å². The summed E-state index contributed by atoms with van der Waals surface area (Å²) in [7, 11) is 0. The van der Waals surface area contributed by atoms with E-state index in [0.29, 0.717) is 0 Å². The first-order valence-corrected chi connectivity index (χ1v) is 5.82. The minimum atomic E-state index is 0.261. The lowest BCUT2D eigenvalue weighted by Crippen LogP contribution is -2.28. The zero-order valence-electron chi connectivity index (χ0n) is 10.0. The monoisotopic (exact) mass is 225 g/mol. The number of nitrogens with zero attached hydrogens (tertiary/aromatic N) is 2. The minimum Gasteiger partial charge on any atom is -0.362 e. The van der Waals surface area contributed by atoms with Crippen molar-refractivity contribution in [3.8, 4) is 0 Å². The second kappa shape index (κ2) is 3.77. The van der Waals surface area contributed by atoms with Crippen LogP contribution in [-0.2, 0) is 0 Å². The number of fused-ring (bicyclic) bond motifs is 1. The Morgan fingerprint density at radius 2 is 1.94 bits per heavy atom. The summed E-state index contributed by atoms with van der Waals surface area (Å²) < 4.78 is 0. The Bertz CT molecular complexity index is 533. The highest BCUT2D eigenvalue weighted by molar-refractivity contribution is 5.81. The molecule has 3 rings (SSSR count). The van der Waals surface area contributed by atoms with Crippen molar-refractivity contribution in [3.63, 3.8) is 0 Å². The van der Waals surface area contributed by atoms with E-state index in [1.54, 1.807) is 0 Å². The Balaban J connectivity index is 2.06. The van der Waals surface area contributed by atoms with Crippen LogP contribution in [0.15, 0.2) is 42.7 Å². The molecule has 1 aliphatic heterocycles. The van der Waals surface area contributed by atoms with Crippen LogP contribution in [-0.4, -0.2) is 11.1 Å². The Kier molecular flexibility index (Phi) is 2.25. The van der Waals surface area contributed by atoms with Crippen molar-refractivity contribution in [2.75, 3.05) is 10.2 Å². The molecule has 1 N–H and O–H groups in total. The van der Waals surface area contributed by atoms with Gasteiger partial charge in [-0.1, -0.05) is 17.7 Å². The van der Waals surface area contributed by atoms with E-state index in [9.17, 15) is 0 Å². The number of rotatable bonds is 1. The molecule has 3 heteroatoms. The topological polar surface area (TPSA) is 28.2 Å². The molecule has 0 bridgehead atoms. The average molecular weight is 225 g/mol. The zero-order chi connectivity index (χ0) is 11.8.